The van der Waals surface area contributed by atoms with Gasteiger partial charge in [-0.3, -0.25) is 0 Å². The molecule has 0 saturated heterocycles. The summed E-state index contributed by atoms with van der Waals surface area (Å²) < 4.78 is 1.43. The first-order chi connectivity index (χ1) is 5.41. The monoisotopic (exact) mass is 238 g/mol. The number of allylic oxidation sites excluding steroid dienone is 4. The molecule has 0 radical (unpaired) electrons. The van der Waals surface area contributed by atoms with Crippen LogP contribution < -0.4 is 0 Å². The molecule has 0 amide bonds. The molecule has 0 atom stereocenters. The average molecular weight is 237 g/mol. The Morgan fingerprint density at radius 2 is 1.45 bits per heavy atom. The Labute approximate surface area is 77.4 Å². The first kappa shape index (κ1) is 10.7. The van der Waals surface area contributed by atoms with Crippen molar-refractivity contribution in [2.75, 3.05) is 0 Å². The van der Waals surface area contributed by atoms with E-state index in [9.17, 15) is 0 Å². The van der Waals surface area contributed by atoms with Gasteiger partial charge in [-0.15, -0.1) is 0 Å². The Balaban J connectivity index is 0.000000292. The normalized spacial score (nSPS) is 15.4. The van der Waals surface area contributed by atoms with E-state index in [2.05, 4.69) is 24.3 Å². The van der Waals surface area contributed by atoms with Crippen LogP contribution in [0.1, 0.15) is 25.7 Å². The molecular formula is C9H12ORu. The van der Waals surface area contributed by atoms with Crippen LogP contribution in [0, 0.1) is 0 Å². The third-order valence-electron chi connectivity index (χ3n) is 1.37. The van der Waals surface area contributed by atoms with Gasteiger partial charge in [0, 0.05) is 0 Å². The van der Waals surface area contributed by atoms with Crippen LogP contribution in [-0.4, -0.2) is 4.47 Å². The van der Waals surface area contributed by atoms with Crippen molar-refractivity contribution in [1.82, 2.24) is 0 Å². The van der Waals surface area contributed by atoms with Crippen LogP contribution in [0.15, 0.2) is 24.3 Å². The van der Waals surface area contributed by atoms with Crippen molar-refractivity contribution in [2.24, 2.45) is 0 Å². The fourth-order valence-corrected chi connectivity index (χ4v) is 0.874. The molecule has 0 fully saturated rings. The Hall–Kier alpha value is -0.317. The van der Waals surface area contributed by atoms with Gasteiger partial charge in [0.05, 0.1) is 0 Å². The molecule has 0 aromatic heterocycles. The first-order valence-corrected chi connectivity index (χ1v) is 4.57. The Bertz CT molecular complexity index is 150. The molecule has 0 aromatic carbocycles. The van der Waals surface area contributed by atoms with Crippen LogP contribution in [0.2, 0.25) is 0 Å². The van der Waals surface area contributed by atoms with Crippen molar-refractivity contribution in [3.05, 3.63) is 24.3 Å². The van der Waals surface area contributed by atoms with E-state index in [-0.39, 0.29) is 0 Å². The van der Waals surface area contributed by atoms with Crippen LogP contribution in [0.5, 0.6) is 0 Å². The molecule has 0 aromatic rings. The van der Waals surface area contributed by atoms with E-state index in [1.165, 1.54) is 30.2 Å². The van der Waals surface area contributed by atoms with Crippen LogP contribution in [-0.2, 0) is 22.6 Å². The van der Waals surface area contributed by atoms with Crippen molar-refractivity contribution >= 4 is 4.47 Å². The van der Waals surface area contributed by atoms with Gasteiger partial charge in [0.15, 0.2) is 0 Å². The Morgan fingerprint density at radius 1 is 1.09 bits per heavy atom. The van der Waals surface area contributed by atoms with E-state index < -0.39 is 0 Å². The second-order valence-corrected chi connectivity index (χ2v) is 2.57. The summed E-state index contributed by atoms with van der Waals surface area (Å²) in [6.07, 6.45) is 14.0. The molecule has 0 aliphatic heterocycles. The van der Waals surface area contributed by atoms with Crippen molar-refractivity contribution in [2.45, 2.75) is 25.7 Å². The number of hydrogen-bond acceptors (Lipinski definition) is 1. The number of rotatable bonds is 0. The van der Waals surface area contributed by atoms with Gasteiger partial charge in [-0.25, -0.2) is 0 Å². The topological polar surface area (TPSA) is 17.1 Å². The minimum atomic E-state index is 1.27. The third-order valence-corrected chi connectivity index (χ3v) is 1.37. The summed E-state index contributed by atoms with van der Waals surface area (Å²) in [5, 5.41) is 0. The van der Waals surface area contributed by atoms with Gasteiger partial charge in [0.2, 0.25) is 0 Å². The van der Waals surface area contributed by atoms with Crippen LogP contribution in [0.25, 0.3) is 0 Å². The van der Waals surface area contributed by atoms with Crippen molar-refractivity contribution in [3.63, 3.8) is 0 Å². The maximum absolute atomic E-state index is 8.65. The first-order valence-electron chi connectivity index (χ1n) is 3.70. The quantitative estimate of drug-likeness (QED) is 0.591. The molecule has 2 heteroatoms. The minimum absolute atomic E-state index is 1.27. The molecule has 0 N–H and O–H groups in total. The molecule has 0 saturated carbocycles. The van der Waals surface area contributed by atoms with E-state index in [0.717, 1.165) is 0 Å². The van der Waals surface area contributed by atoms with Crippen molar-refractivity contribution < 1.29 is 22.6 Å². The van der Waals surface area contributed by atoms with E-state index in [1.807, 2.05) is 0 Å². The van der Waals surface area contributed by atoms with Gasteiger partial charge in [0.25, 0.3) is 0 Å². The molecule has 0 spiro atoms. The van der Waals surface area contributed by atoms with Crippen LogP contribution in [0.4, 0.5) is 0 Å². The summed E-state index contributed by atoms with van der Waals surface area (Å²) in [7, 11) is 0. The Kier molecular flexibility index (Phi) is 9.40. The zero-order valence-electron chi connectivity index (χ0n) is 6.40. The summed E-state index contributed by atoms with van der Waals surface area (Å²) in [5.41, 5.74) is 0. The second kappa shape index (κ2) is 9.68. The van der Waals surface area contributed by atoms with Gasteiger partial charge < -0.3 is 0 Å². The van der Waals surface area contributed by atoms with E-state index in [0.29, 0.717) is 0 Å². The molecule has 1 aliphatic carbocycles. The molecule has 62 valence electrons. The van der Waals surface area contributed by atoms with Gasteiger partial charge in [-0.2, -0.15) is 0 Å². The number of carbonyl (C=O) groups excluding carboxylic acids is 1. The second-order valence-electron chi connectivity index (χ2n) is 2.21. The van der Waals surface area contributed by atoms with E-state index in [1.54, 1.807) is 17.9 Å². The van der Waals surface area contributed by atoms with Gasteiger partial charge >= 0.3 is 27.1 Å². The molecule has 1 aliphatic rings. The SMILES string of the molecule is C1=CCCCCC=C1.O=[C]=[Ru]. The fourth-order valence-electron chi connectivity index (χ4n) is 0.874. The van der Waals surface area contributed by atoms with Crippen LogP contribution in [0.3, 0.4) is 0 Å². The third kappa shape index (κ3) is 9.68. The molecule has 1 rings (SSSR count). The van der Waals surface area contributed by atoms with Crippen LogP contribution >= 0.6 is 0 Å². The molecule has 1 nitrogen and oxygen atoms in total. The van der Waals surface area contributed by atoms with Crippen molar-refractivity contribution in [3.8, 4) is 0 Å². The van der Waals surface area contributed by atoms with E-state index >= 15 is 0 Å². The summed E-state index contributed by atoms with van der Waals surface area (Å²) in [6.45, 7) is 0. The molecule has 0 heterocycles. The molecular weight excluding hydrogens is 225 g/mol. The maximum atomic E-state index is 8.65. The zero-order chi connectivity index (χ0) is 8.36. The molecule has 11 heavy (non-hydrogen) atoms. The predicted octanol–water partition coefficient (Wildman–Crippen LogP) is 2.27. The fraction of sp³-hybridized carbons (Fsp3) is 0.444. The molecule has 0 unspecified atom stereocenters. The summed E-state index contributed by atoms with van der Waals surface area (Å²) in [4.78, 5) is 8.65. The van der Waals surface area contributed by atoms with Crippen molar-refractivity contribution in [1.29, 1.82) is 0 Å². The Morgan fingerprint density at radius 3 is 1.82 bits per heavy atom. The standard InChI is InChI=1S/C8H12.CO.Ru/c1-2-4-6-8-7-5-3-1;1-2;/h1-4H,5-8H2;;. The van der Waals surface area contributed by atoms with Gasteiger partial charge in [0.1, 0.15) is 0 Å². The van der Waals surface area contributed by atoms with E-state index in [4.69, 9.17) is 4.79 Å². The predicted molar refractivity (Wildman–Crippen MR) is 42.4 cm³/mol. The molecule has 0 bridgehead atoms. The van der Waals surface area contributed by atoms with Gasteiger partial charge in [-0.1, -0.05) is 24.3 Å². The summed E-state index contributed by atoms with van der Waals surface area (Å²) in [6, 6.07) is 0. The summed E-state index contributed by atoms with van der Waals surface area (Å²) in [5.74, 6) is 0. The van der Waals surface area contributed by atoms with Gasteiger partial charge in [-0.05, 0) is 25.7 Å². The average Bonchev–Trinajstić information content (AvgIpc) is 1.86. The summed E-state index contributed by atoms with van der Waals surface area (Å²) >= 11 is 1.70. The number of hydrogen-bond donors (Lipinski definition) is 0. The zero-order valence-corrected chi connectivity index (χ0v) is 8.14.